The molecule has 0 fully saturated rings. The number of aryl methyl sites for hydroxylation is 1. The van der Waals surface area contributed by atoms with Gasteiger partial charge in [-0.15, -0.1) is 11.3 Å². The Morgan fingerprint density at radius 2 is 2.35 bits per heavy atom. The molecular formula is C13H19N3S. The third kappa shape index (κ3) is 3.17. The maximum atomic E-state index is 4.44. The van der Waals surface area contributed by atoms with E-state index in [0.29, 0.717) is 0 Å². The van der Waals surface area contributed by atoms with E-state index in [1.54, 1.807) is 0 Å². The van der Waals surface area contributed by atoms with Crippen molar-refractivity contribution in [3.05, 3.63) is 40.1 Å². The summed E-state index contributed by atoms with van der Waals surface area (Å²) in [7, 11) is 1.98. The number of rotatable bonds is 6. The van der Waals surface area contributed by atoms with E-state index in [0.717, 1.165) is 25.9 Å². The Bertz CT molecular complexity index is 459. The first-order chi connectivity index (χ1) is 8.33. The van der Waals surface area contributed by atoms with E-state index in [4.69, 9.17) is 0 Å². The SMILES string of the molecule is CCCn1ccnc1Cc1csc(CNC)c1. The zero-order chi connectivity index (χ0) is 12.1. The summed E-state index contributed by atoms with van der Waals surface area (Å²) < 4.78 is 2.25. The summed E-state index contributed by atoms with van der Waals surface area (Å²) in [6.45, 7) is 4.20. The van der Waals surface area contributed by atoms with Crippen molar-refractivity contribution in [2.45, 2.75) is 32.9 Å². The van der Waals surface area contributed by atoms with Gasteiger partial charge in [0, 0.05) is 36.8 Å². The second-order valence-electron chi connectivity index (χ2n) is 4.17. The van der Waals surface area contributed by atoms with Crippen molar-refractivity contribution >= 4 is 11.3 Å². The van der Waals surface area contributed by atoms with E-state index in [1.165, 1.54) is 16.3 Å². The molecule has 0 aromatic carbocycles. The van der Waals surface area contributed by atoms with Gasteiger partial charge < -0.3 is 9.88 Å². The Kier molecular flexibility index (Phi) is 4.34. The fourth-order valence-electron chi connectivity index (χ4n) is 1.92. The molecule has 4 heteroatoms. The highest BCUT2D eigenvalue weighted by molar-refractivity contribution is 7.10. The highest BCUT2D eigenvalue weighted by atomic mass is 32.1. The van der Waals surface area contributed by atoms with Crippen LogP contribution in [-0.2, 0) is 19.5 Å². The minimum Gasteiger partial charge on any atom is -0.335 e. The van der Waals surface area contributed by atoms with E-state index >= 15 is 0 Å². The summed E-state index contributed by atoms with van der Waals surface area (Å²) in [6.07, 6.45) is 6.05. The molecule has 0 spiro atoms. The summed E-state index contributed by atoms with van der Waals surface area (Å²) in [4.78, 5) is 5.82. The molecule has 2 aromatic heterocycles. The van der Waals surface area contributed by atoms with Gasteiger partial charge in [0.1, 0.15) is 5.82 Å². The fraction of sp³-hybridized carbons (Fsp3) is 0.462. The van der Waals surface area contributed by atoms with Gasteiger partial charge in [-0.05, 0) is 30.5 Å². The summed E-state index contributed by atoms with van der Waals surface area (Å²) >= 11 is 1.82. The number of nitrogens with zero attached hydrogens (tertiary/aromatic N) is 2. The Hall–Kier alpha value is -1.13. The van der Waals surface area contributed by atoms with E-state index < -0.39 is 0 Å². The summed E-state index contributed by atoms with van der Waals surface area (Å²) in [5.74, 6) is 1.17. The lowest BCUT2D eigenvalue weighted by Gasteiger charge is -2.04. The highest BCUT2D eigenvalue weighted by Gasteiger charge is 2.05. The Balaban J connectivity index is 2.05. The maximum absolute atomic E-state index is 4.44. The monoisotopic (exact) mass is 249 g/mol. The van der Waals surface area contributed by atoms with Crippen LogP contribution >= 0.6 is 11.3 Å². The van der Waals surface area contributed by atoms with Crippen LogP contribution in [0.15, 0.2) is 23.8 Å². The number of hydrogen-bond acceptors (Lipinski definition) is 3. The van der Waals surface area contributed by atoms with E-state index in [9.17, 15) is 0 Å². The van der Waals surface area contributed by atoms with Gasteiger partial charge in [0.2, 0.25) is 0 Å². The van der Waals surface area contributed by atoms with Gasteiger partial charge in [-0.25, -0.2) is 4.98 Å². The lowest BCUT2D eigenvalue weighted by molar-refractivity contribution is 0.647. The van der Waals surface area contributed by atoms with Gasteiger partial charge in [-0.2, -0.15) is 0 Å². The second kappa shape index (κ2) is 5.98. The molecule has 2 rings (SSSR count). The van der Waals surface area contributed by atoms with Crippen LogP contribution in [-0.4, -0.2) is 16.6 Å². The Morgan fingerprint density at radius 3 is 3.12 bits per heavy atom. The molecule has 0 radical (unpaired) electrons. The molecule has 0 saturated carbocycles. The standard InChI is InChI=1S/C13H19N3S/c1-3-5-16-6-4-15-13(16)8-11-7-12(9-14-2)17-10-11/h4,6-7,10,14H,3,5,8-9H2,1-2H3. The van der Waals surface area contributed by atoms with Crippen LogP contribution in [0.2, 0.25) is 0 Å². The largest absolute Gasteiger partial charge is 0.335 e. The molecule has 0 saturated heterocycles. The van der Waals surface area contributed by atoms with E-state index in [1.807, 2.05) is 24.6 Å². The lowest BCUT2D eigenvalue weighted by atomic mass is 10.2. The molecule has 3 nitrogen and oxygen atoms in total. The minimum atomic E-state index is 0.938. The third-order valence-electron chi connectivity index (χ3n) is 2.69. The molecular weight excluding hydrogens is 230 g/mol. The molecule has 0 atom stereocenters. The normalized spacial score (nSPS) is 10.9. The number of thiophene rings is 1. The summed E-state index contributed by atoms with van der Waals surface area (Å²) in [5, 5.41) is 5.41. The molecule has 0 aliphatic carbocycles. The zero-order valence-corrected chi connectivity index (χ0v) is 11.3. The first kappa shape index (κ1) is 12.3. The Morgan fingerprint density at radius 1 is 1.47 bits per heavy atom. The minimum absolute atomic E-state index is 0.938. The molecule has 1 N–H and O–H groups in total. The molecule has 0 aliphatic heterocycles. The van der Waals surface area contributed by atoms with Crippen molar-refractivity contribution in [2.24, 2.45) is 0 Å². The van der Waals surface area contributed by atoms with Crippen molar-refractivity contribution in [2.75, 3.05) is 7.05 Å². The predicted molar refractivity (Wildman–Crippen MR) is 72.4 cm³/mol. The van der Waals surface area contributed by atoms with Gasteiger partial charge in [-0.3, -0.25) is 0 Å². The fourth-order valence-corrected chi connectivity index (χ4v) is 2.82. The molecule has 0 aliphatic rings. The summed E-state index contributed by atoms with van der Waals surface area (Å²) in [5.41, 5.74) is 1.36. The third-order valence-corrected chi connectivity index (χ3v) is 3.67. The quantitative estimate of drug-likeness (QED) is 0.853. The average Bonchev–Trinajstić information content (AvgIpc) is 2.91. The first-order valence-electron chi connectivity index (χ1n) is 6.04. The van der Waals surface area contributed by atoms with Gasteiger partial charge in [0.25, 0.3) is 0 Å². The van der Waals surface area contributed by atoms with Gasteiger partial charge in [0.05, 0.1) is 0 Å². The molecule has 2 aromatic rings. The van der Waals surface area contributed by atoms with Crippen LogP contribution in [0.5, 0.6) is 0 Å². The number of imidazole rings is 1. The molecule has 2 heterocycles. The Labute approximate surface area is 107 Å². The molecule has 0 unspecified atom stereocenters. The zero-order valence-electron chi connectivity index (χ0n) is 10.4. The van der Waals surface area contributed by atoms with Crippen LogP contribution in [0, 0.1) is 0 Å². The smallest absolute Gasteiger partial charge is 0.113 e. The number of aromatic nitrogens is 2. The van der Waals surface area contributed by atoms with Crippen molar-refractivity contribution in [1.82, 2.24) is 14.9 Å². The predicted octanol–water partition coefficient (Wildman–Crippen LogP) is 2.66. The van der Waals surface area contributed by atoms with E-state index in [2.05, 4.69) is 39.4 Å². The first-order valence-corrected chi connectivity index (χ1v) is 6.92. The average molecular weight is 249 g/mol. The van der Waals surface area contributed by atoms with Crippen molar-refractivity contribution in [3.8, 4) is 0 Å². The molecule has 0 bridgehead atoms. The van der Waals surface area contributed by atoms with Gasteiger partial charge in [0.15, 0.2) is 0 Å². The maximum Gasteiger partial charge on any atom is 0.113 e. The van der Waals surface area contributed by atoms with Crippen LogP contribution in [0.1, 0.15) is 29.6 Å². The van der Waals surface area contributed by atoms with Gasteiger partial charge in [-0.1, -0.05) is 6.92 Å². The topological polar surface area (TPSA) is 29.9 Å². The van der Waals surface area contributed by atoms with Gasteiger partial charge >= 0.3 is 0 Å². The number of nitrogens with one attached hydrogen (secondary N) is 1. The van der Waals surface area contributed by atoms with Crippen LogP contribution in [0.4, 0.5) is 0 Å². The number of hydrogen-bond donors (Lipinski definition) is 1. The van der Waals surface area contributed by atoms with Crippen molar-refractivity contribution in [1.29, 1.82) is 0 Å². The summed E-state index contributed by atoms with van der Waals surface area (Å²) in [6, 6.07) is 2.27. The van der Waals surface area contributed by atoms with Crippen LogP contribution in [0.3, 0.4) is 0 Å². The molecule has 92 valence electrons. The molecule has 17 heavy (non-hydrogen) atoms. The second-order valence-corrected chi connectivity index (χ2v) is 5.16. The van der Waals surface area contributed by atoms with Crippen molar-refractivity contribution in [3.63, 3.8) is 0 Å². The van der Waals surface area contributed by atoms with Crippen LogP contribution < -0.4 is 5.32 Å². The van der Waals surface area contributed by atoms with Crippen LogP contribution in [0.25, 0.3) is 0 Å². The lowest BCUT2D eigenvalue weighted by Crippen LogP contribution is -2.04. The highest BCUT2D eigenvalue weighted by Crippen LogP contribution is 2.17. The van der Waals surface area contributed by atoms with E-state index in [-0.39, 0.29) is 0 Å². The van der Waals surface area contributed by atoms with Crippen molar-refractivity contribution < 1.29 is 0 Å². The molecule has 0 amide bonds.